The number of nitrogens with one attached hydrogen (secondary N) is 1. The summed E-state index contributed by atoms with van der Waals surface area (Å²) in [6.07, 6.45) is 4.11. The maximum absolute atomic E-state index is 14.6. The second-order valence-electron chi connectivity index (χ2n) is 12.0. The first kappa shape index (κ1) is 33.2. The number of sulfonamides is 1. The smallest absolute Gasteiger partial charge is 0.264 e. The molecule has 1 aliphatic rings. The first-order valence-corrected chi connectivity index (χ1v) is 17.5. The average Bonchev–Trinajstić information content (AvgIpc) is 3.56. The molecule has 46 heavy (non-hydrogen) atoms. The Morgan fingerprint density at radius 3 is 2.04 bits per heavy atom. The summed E-state index contributed by atoms with van der Waals surface area (Å²) >= 11 is 6.59. The van der Waals surface area contributed by atoms with E-state index in [1.54, 1.807) is 48.5 Å². The minimum atomic E-state index is -4.16. The Morgan fingerprint density at radius 2 is 1.41 bits per heavy atom. The minimum Gasteiger partial charge on any atom is -0.352 e. The van der Waals surface area contributed by atoms with Gasteiger partial charge in [-0.05, 0) is 68.1 Å². The molecule has 1 atom stereocenters. The van der Waals surface area contributed by atoms with Crippen LogP contribution in [0.2, 0.25) is 5.02 Å². The van der Waals surface area contributed by atoms with Crippen LogP contribution in [0.1, 0.15) is 47.9 Å². The zero-order chi connectivity index (χ0) is 32.7. The highest BCUT2D eigenvalue weighted by molar-refractivity contribution is 7.92. The molecule has 0 bridgehead atoms. The molecule has 1 aliphatic carbocycles. The average molecular weight is 658 g/mol. The molecular formula is C37H40ClN3O4S. The number of amides is 2. The third-order valence-electron chi connectivity index (χ3n) is 8.48. The molecule has 1 saturated carbocycles. The second kappa shape index (κ2) is 15.0. The van der Waals surface area contributed by atoms with Gasteiger partial charge >= 0.3 is 0 Å². The Kier molecular flexibility index (Phi) is 10.8. The van der Waals surface area contributed by atoms with Crippen molar-refractivity contribution >= 4 is 39.1 Å². The first-order valence-electron chi connectivity index (χ1n) is 15.6. The molecule has 0 aromatic heterocycles. The third-order valence-corrected chi connectivity index (χ3v) is 10.6. The monoisotopic (exact) mass is 657 g/mol. The number of hydrogen-bond donors (Lipinski definition) is 1. The fourth-order valence-corrected chi connectivity index (χ4v) is 7.42. The summed E-state index contributed by atoms with van der Waals surface area (Å²) in [5.41, 5.74) is 3.77. The number of carbonyl (C=O) groups excluding carboxylic acids is 2. The highest BCUT2D eigenvalue weighted by Gasteiger charge is 2.35. The second-order valence-corrected chi connectivity index (χ2v) is 14.2. The maximum atomic E-state index is 14.6. The Bertz CT molecular complexity index is 1740. The van der Waals surface area contributed by atoms with Crippen molar-refractivity contribution in [2.75, 3.05) is 10.8 Å². The third kappa shape index (κ3) is 8.17. The van der Waals surface area contributed by atoms with Gasteiger partial charge in [0.25, 0.3) is 10.0 Å². The van der Waals surface area contributed by atoms with E-state index in [1.165, 1.54) is 4.90 Å². The first-order chi connectivity index (χ1) is 22.1. The standard InChI is InChI=1S/C37H40ClN3O4S/c1-27-16-20-32(21-17-27)41(46(44,45)33-22-18-28(2)19-23-33)26-36(42)40(25-30-12-6-9-15-34(30)38)35(24-29-10-4-3-5-11-29)37(43)39-31-13-7-8-14-31/h3-6,9-12,15-23,31,35H,7-8,13-14,24-26H2,1-2H3,(H,39,43). The number of aryl methyl sites for hydroxylation is 2. The Labute approximate surface area is 277 Å². The van der Waals surface area contributed by atoms with Crippen LogP contribution in [-0.2, 0) is 32.6 Å². The SMILES string of the molecule is Cc1ccc(N(CC(=O)N(Cc2ccccc2Cl)C(Cc2ccccc2)C(=O)NC2CCCC2)S(=O)(=O)c2ccc(C)cc2)cc1. The van der Waals surface area contributed by atoms with Crippen LogP contribution in [-0.4, -0.2) is 43.8 Å². The van der Waals surface area contributed by atoms with Crippen LogP contribution in [0.4, 0.5) is 5.69 Å². The molecule has 4 aromatic carbocycles. The number of anilines is 1. The molecule has 240 valence electrons. The van der Waals surface area contributed by atoms with E-state index in [2.05, 4.69) is 5.32 Å². The van der Waals surface area contributed by atoms with Crippen LogP contribution in [0.25, 0.3) is 0 Å². The summed E-state index contributed by atoms with van der Waals surface area (Å²) in [5, 5.41) is 3.65. The summed E-state index contributed by atoms with van der Waals surface area (Å²) in [6, 6.07) is 29.4. The predicted molar refractivity (Wildman–Crippen MR) is 183 cm³/mol. The molecule has 0 heterocycles. The molecule has 0 radical (unpaired) electrons. The van der Waals surface area contributed by atoms with Gasteiger partial charge in [0.1, 0.15) is 12.6 Å². The molecule has 2 amide bonds. The van der Waals surface area contributed by atoms with Gasteiger partial charge in [-0.25, -0.2) is 8.42 Å². The molecule has 5 rings (SSSR count). The van der Waals surface area contributed by atoms with Gasteiger partial charge in [-0.2, -0.15) is 0 Å². The molecule has 7 nitrogen and oxygen atoms in total. The van der Waals surface area contributed by atoms with E-state index in [0.717, 1.165) is 46.7 Å². The van der Waals surface area contributed by atoms with Crippen molar-refractivity contribution in [1.82, 2.24) is 10.2 Å². The lowest BCUT2D eigenvalue weighted by molar-refractivity contribution is -0.140. The largest absolute Gasteiger partial charge is 0.352 e. The molecule has 0 saturated heterocycles. The van der Waals surface area contributed by atoms with Crippen molar-refractivity contribution in [3.05, 3.63) is 130 Å². The molecule has 0 aliphatic heterocycles. The van der Waals surface area contributed by atoms with Crippen molar-refractivity contribution in [2.24, 2.45) is 0 Å². The number of nitrogens with zero attached hydrogens (tertiary/aromatic N) is 2. The molecule has 1 N–H and O–H groups in total. The zero-order valence-electron chi connectivity index (χ0n) is 26.2. The fourth-order valence-electron chi connectivity index (χ4n) is 5.81. The van der Waals surface area contributed by atoms with E-state index in [4.69, 9.17) is 11.6 Å². The lowest BCUT2D eigenvalue weighted by Gasteiger charge is -2.34. The molecule has 9 heteroatoms. The van der Waals surface area contributed by atoms with E-state index in [9.17, 15) is 18.0 Å². The highest BCUT2D eigenvalue weighted by atomic mass is 35.5. The van der Waals surface area contributed by atoms with Gasteiger partial charge in [-0.1, -0.05) is 108 Å². The van der Waals surface area contributed by atoms with Crippen molar-refractivity contribution in [3.8, 4) is 0 Å². The molecule has 0 spiro atoms. The molecular weight excluding hydrogens is 618 g/mol. The van der Waals surface area contributed by atoms with Crippen molar-refractivity contribution in [1.29, 1.82) is 0 Å². The van der Waals surface area contributed by atoms with E-state index in [-0.39, 0.29) is 29.8 Å². The topological polar surface area (TPSA) is 86.8 Å². The van der Waals surface area contributed by atoms with E-state index < -0.39 is 28.5 Å². The van der Waals surface area contributed by atoms with Crippen LogP contribution in [0.5, 0.6) is 0 Å². The zero-order valence-corrected chi connectivity index (χ0v) is 27.8. The van der Waals surface area contributed by atoms with Crippen molar-refractivity contribution < 1.29 is 18.0 Å². The number of halogens is 1. The van der Waals surface area contributed by atoms with Gasteiger partial charge in [-0.3, -0.25) is 13.9 Å². The molecule has 4 aromatic rings. The van der Waals surface area contributed by atoms with Gasteiger partial charge in [0.15, 0.2) is 0 Å². The normalized spacial score (nSPS) is 14.1. The van der Waals surface area contributed by atoms with Crippen LogP contribution in [0, 0.1) is 13.8 Å². The van der Waals surface area contributed by atoms with Gasteiger partial charge in [0, 0.05) is 24.0 Å². The number of carbonyl (C=O) groups is 2. The summed E-state index contributed by atoms with van der Waals surface area (Å²) in [5.74, 6) is -0.780. The van der Waals surface area contributed by atoms with Crippen LogP contribution < -0.4 is 9.62 Å². The van der Waals surface area contributed by atoms with E-state index >= 15 is 0 Å². The molecule has 1 unspecified atom stereocenters. The van der Waals surface area contributed by atoms with Crippen LogP contribution >= 0.6 is 11.6 Å². The summed E-state index contributed by atoms with van der Waals surface area (Å²) in [6.45, 7) is 3.32. The van der Waals surface area contributed by atoms with E-state index in [0.29, 0.717) is 16.3 Å². The minimum absolute atomic E-state index is 0.0282. The summed E-state index contributed by atoms with van der Waals surface area (Å²) in [4.78, 5) is 30.3. The number of benzene rings is 4. The summed E-state index contributed by atoms with van der Waals surface area (Å²) < 4.78 is 29.5. The van der Waals surface area contributed by atoms with Gasteiger partial charge < -0.3 is 10.2 Å². The lowest BCUT2D eigenvalue weighted by atomic mass is 10.0. The fraction of sp³-hybridized carbons (Fsp3) is 0.297. The quantitative estimate of drug-likeness (QED) is 0.181. The number of hydrogen-bond acceptors (Lipinski definition) is 4. The van der Waals surface area contributed by atoms with Gasteiger partial charge in [-0.15, -0.1) is 0 Å². The Hall–Kier alpha value is -4.14. The number of rotatable bonds is 12. The van der Waals surface area contributed by atoms with Gasteiger partial charge in [0.05, 0.1) is 10.6 Å². The lowest BCUT2D eigenvalue weighted by Crippen LogP contribution is -2.54. The van der Waals surface area contributed by atoms with Crippen molar-refractivity contribution in [3.63, 3.8) is 0 Å². The molecule has 1 fully saturated rings. The highest BCUT2D eigenvalue weighted by Crippen LogP contribution is 2.27. The predicted octanol–water partition coefficient (Wildman–Crippen LogP) is 6.85. The summed E-state index contributed by atoms with van der Waals surface area (Å²) in [7, 11) is -4.16. The van der Waals surface area contributed by atoms with Crippen molar-refractivity contribution in [2.45, 2.75) is 69.5 Å². The van der Waals surface area contributed by atoms with Gasteiger partial charge in [0.2, 0.25) is 11.8 Å². The van der Waals surface area contributed by atoms with Crippen LogP contribution in [0.3, 0.4) is 0 Å². The van der Waals surface area contributed by atoms with E-state index in [1.807, 2.05) is 68.4 Å². The Morgan fingerprint density at radius 1 is 0.826 bits per heavy atom. The maximum Gasteiger partial charge on any atom is 0.264 e. The Balaban J connectivity index is 1.57. The van der Waals surface area contributed by atoms with Crippen LogP contribution in [0.15, 0.2) is 108 Å².